The lowest BCUT2D eigenvalue weighted by Crippen LogP contribution is -2.50. The number of hydrogen-bond acceptors (Lipinski definition) is 5. The molecule has 0 unspecified atom stereocenters. The van der Waals surface area contributed by atoms with Crippen molar-refractivity contribution in [2.45, 2.75) is 13.0 Å². The van der Waals surface area contributed by atoms with Gasteiger partial charge in [-0.1, -0.05) is 12.1 Å². The Morgan fingerprint density at radius 3 is 2.96 bits per heavy atom. The van der Waals surface area contributed by atoms with E-state index in [-0.39, 0.29) is 11.9 Å². The van der Waals surface area contributed by atoms with Crippen molar-refractivity contribution in [1.29, 1.82) is 0 Å². The molecule has 6 heteroatoms. The second-order valence-corrected chi connectivity index (χ2v) is 5.53. The van der Waals surface area contributed by atoms with Crippen LogP contribution in [0, 0.1) is 0 Å². The third-order valence-corrected chi connectivity index (χ3v) is 3.92. The fraction of sp³-hybridized carbons (Fsp3) is 0.176. The lowest BCUT2D eigenvalue weighted by atomic mass is 10.1. The Labute approximate surface area is 133 Å². The van der Waals surface area contributed by atoms with Crippen molar-refractivity contribution in [1.82, 2.24) is 15.2 Å². The Hall–Kier alpha value is -3.02. The summed E-state index contributed by atoms with van der Waals surface area (Å²) in [5.74, 6) is 1.15. The Balaban J connectivity index is 1.72. The van der Waals surface area contributed by atoms with Crippen LogP contribution >= 0.6 is 0 Å². The number of hydrogen-bond donors (Lipinski definition) is 1. The van der Waals surface area contributed by atoms with Crippen LogP contribution in [0.5, 0.6) is 0 Å². The first-order valence-electron chi connectivity index (χ1n) is 7.47. The monoisotopic (exact) mass is 305 g/mol. The van der Waals surface area contributed by atoms with E-state index in [2.05, 4.69) is 27.2 Å². The first kappa shape index (κ1) is 13.6. The van der Waals surface area contributed by atoms with E-state index in [1.165, 1.54) is 6.20 Å². The minimum Gasteiger partial charge on any atom is -0.292 e. The molecule has 0 spiro atoms. The molecule has 2 aliphatic rings. The zero-order chi connectivity index (χ0) is 15.8. The largest absolute Gasteiger partial charge is 0.292 e. The maximum absolute atomic E-state index is 12.4. The molecular formula is C17H15N5O. The van der Waals surface area contributed by atoms with E-state index >= 15 is 0 Å². The second kappa shape index (κ2) is 5.31. The SMILES string of the molecule is C[C@@H]1CN=C2c3ccccc3N=C(NC(=O)c3cccnc3)N21. The fourth-order valence-electron chi connectivity index (χ4n) is 2.80. The van der Waals surface area contributed by atoms with Gasteiger partial charge in [-0.3, -0.25) is 25.0 Å². The molecule has 1 aromatic heterocycles. The third kappa shape index (κ3) is 2.28. The first-order chi connectivity index (χ1) is 11.2. The standard InChI is InChI=1S/C17H15N5O/c1-11-9-19-15-13-6-2-3-7-14(13)20-17(22(11)15)21-16(23)12-5-4-8-18-10-12/h2-8,10-11H,9H2,1H3,(H,20,21,23)/t11-/m1/s1. The van der Waals surface area contributed by atoms with Gasteiger partial charge in [0.05, 0.1) is 23.8 Å². The van der Waals surface area contributed by atoms with E-state index < -0.39 is 0 Å². The summed E-state index contributed by atoms with van der Waals surface area (Å²) in [6.45, 7) is 2.75. The number of amidine groups is 1. The number of rotatable bonds is 1. The predicted octanol–water partition coefficient (Wildman–Crippen LogP) is 1.96. The lowest BCUT2D eigenvalue weighted by Gasteiger charge is -2.30. The molecule has 1 aromatic carbocycles. The Kier molecular flexibility index (Phi) is 3.15. The molecule has 0 saturated heterocycles. The summed E-state index contributed by atoms with van der Waals surface area (Å²) in [7, 11) is 0. The highest BCUT2D eigenvalue weighted by Crippen LogP contribution is 2.29. The summed E-state index contributed by atoms with van der Waals surface area (Å²) >= 11 is 0. The number of aromatic nitrogens is 1. The maximum Gasteiger partial charge on any atom is 0.259 e. The van der Waals surface area contributed by atoms with Crippen molar-refractivity contribution in [3.05, 3.63) is 59.9 Å². The number of carbonyl (C=O) groups excluding carboxylic acids is 1. The van der Waals surface area contributed by atoms with E-state index in [1.54, 1.807) is 18.3 Å². The zero-order valence-electron chi connectivity index (χ0n) is 12.6. The molecule has 1 atom stereocenters. The molecule has 2 aliphatic heterocycles. The van der Waals surface area contributed by atoms with E-state index in [1.807, 2.05) is 29.2 Å². The highest BCUT2D eigenvalue weighted by atomic mass is 16.1. The number of benzene rings is 1. The van der Waals surface area contributed by atoms with Crippen LogP contribution < -0.4 is 5.32 Å². The van der Waals surface area contributed by atoms with Gasteiger partial charge in [0.25, 0.3) is 5.91 Å². The number of amides is 1. The quantitative estimate of drug-likeness (QED) is 0.875. The van der Waals surface area contributed by atoms with Gasteiger partial charge in [0.1, 0.15) is 5.84 Å². The summed E-state index contributed by atoms with van der Waals surface area (Å²) in [6.07, 6.45) is 3.17. The van der Waals surface area contributed by atoms with Crippen LogP contribution in [0.2, 0.25) is 0 Å². The molecule has 2 aromatic rings. The number of aliphatic imine (C=N–C) groups is 2. The summed E-state index contributed by atoms with van der Waals surface area (Å²) in [6, 6.07) is 11.4. The van der Waals surface area contributed by atoms with Crippen LogP contribution in [0.3, 0.4) is 0 Å². The highest BCUT2D eigenvalue weighted by molar-refractivity contribution is 6.19. The number of guanidine groups is 1. The average Bonchev–Trinajstić information content (AvgIpc) is 2.98. The molecule has 0 fully saturated rings. The Morgan fingerprint density at radius 1 is 1.26 bits per heavy atom. The van der Waals surface area contributed by atoms with Gasteiger partial charge in [0.15, 0.2) is 0 Å². The third-order valence-electron chi connectivity index (χ3n) is 3.92. The molecule has 0 saturated carbocycles. The first-order valence-corrected chi connectivity index (χ1v) is 7.47. The molecule has 4 rings (SSSR count). The van der Waals surface area contributed by atoms with Gasteiger partial charge in [0.2, 0.25) is 5.96 Å². The van der Waals surface area contributed by atoms with Gasteiger partial charge in [0, 0.05) is 18.0 Å². The fourth-order valence-corrected chi connectivity index (χ4v) is 2.80. The van der Waals surface area contributed by atoms with Crippen LogP contribution in [0.25, 0.3) is 0 Å². The van der Waals surface area contributed by atoms with Crippen molar-refractivity contribution in [3.63, 3.8) is 0 Å². The number of nitrogens with one attached hydrogen (secondary N) is 1. The molecule has 3 heterocycles. The van der Waals surface area contributed by atoms with E-state index in [0.29, 0.717) is 18.1 Å². The minimum absolute atomic E-state index is 0.159. The number of fused-ring (bicyclic) bond motifs is 3. The Bertz CT molecular complexity index is 828. The number of nitrogens with zero attached hydrogens (tertiary/aromatic N) is 4. The molecule has 0 aliphatic carbocycles. The molecular weight excluding hydrogens is 290 g/mol. The van der Waals surface area contributed by atoms with Crippen molar-refractivity contribution >= 4 is 23.4 Å². The lowest BCUT2D eigenvalue weighted by molar-refractivity contribution is 0.0973. The van der Waals surface area contributed by atoms with Gasteiger partial charge in [-0.2, -0.15) is 0 Å². The number of para-hydroxylation sites is 1. The molecule has 0 radical (unpaired) electrons. The van der Waals surface area contributed by atoms with Crippen LogP contribution in [0.1, 0.15) is 22.8 Å². The van der Waals surface area contributed by atoms with E-state index in [9.17, 15) is 4.79 Å². The highest BCUT2D eigenvalue weighted by Gasteiger charge is 2.34. The normalized spacial score (nSPS) is 18.7. The molecule has 0 bridgehead atoms. The molecule has 1 amide bonds. The number of pyridine rings is 1. The van der Waals surface area contributed by atoms with Crippen molar-refractivity contribution in [2.75, 3.05) is 6.54 Å². The number of carbonyl (C=O) groups is 1. The van der Waals surface area contributed by atoms with Crippen LogP contribution in [0.4, 0.5) is 5.69 Å². The second-order valence-electron chi connectivity index (χ2n) is 5.53. The summed E-state index contributed by atoms with van der Waals surface area (Å²) in [4.78, 5) is 27.6. The topological polar surface area (TPSA) is 70.0 Å². The van der Waals surface area contributed by atoms with Crippen LogP contribution in [-0.2, 0) is 0 Å². The van der Waals surface area contributed by atoms with Gasteiger partial charge in [-0.25, -0.2) is 4.99 Å². The summed E-state index contributed by atoms with van der Waals surface area (Å²) in [5, 5.41) is 2.89. The maximum atomic E-state index is 12.4. The van der Waals surface area contributed by atoms with Crippen LogP contribution in [-0.4, -0.2) is 40.2 Å². The molecule has 6 nitrogen and oxygen atoms in total. The van der Waals surface area contributed by atoms with Gasteiger partial charge >= 0.3 is 0 Å². The molecule has 114 valence electrons. The Morgan fingerprint density at radius 2 is 2.13 bits per heavy atom. The minimum atomic E-state index is -0.227. The zero-order valence-corrected chi connectivity index (χ0v) is 12.6. The van der Waals surface area contributed by atoms with Gasteiger partial charge in [-0.05, 0) is 31.2 Å². The van der Waals surface area contributed by atoms with Crippen molar-refractivity contribution in [2.24, 2.45) is 9.98 Å². The smallest absolute Gasteiger partial charge is 0.259 e. The van der Waals surface area contributed by atoms with Gasteiger partial charge in [-0.15, -0.1) is 0 Å². The van der Waals surface area contributed by atoms with Crippen LogP contribution in [0.15, 0.2) is 58.8 Å². The van der Waals surface area contributed by atoms with Crippen molar-refractivity contribution in [3.8, 4) is 0 Å². The van der Waals surface area contributed by atoms with E-state index in [4.69, 9.17) is 0 Å². The van der Waals surface area contributed by atoms with Gasteiger partial charge < -0.3 is 0 Å². The summed E-state index contributed by atoms with van der Waals surface area (Å²) in [5.41, 5.74) is 2.31. The molecule has 1 N–H and O–H groups in total. The molecule has 23 heavy (non-hydrogen) atoms. The average molecular weight is 305 g/mol. The predicted molar refractivity (Wildman–Crippen MR) is 87.9 cm³/mol. The van der Waals surface area contributed by atoms with Crippen molar-refractivity contribution < 1.29 is 4.79 Å². The van der Waals surface area contributed by atoms with E-state index in [0.717, 1.165) is 17.1 Å². The summed E-state index contributed by atoms with van der Waals surface area (Å²) < 4.78 is 0.